The van der Waals surface area contributed by atoms with E-state index in [1.165, 1.54) is 0 Å². The maximum Gasteiger partial charge on any atom is 0.173 e. The van der Waals surface area contributed by atoms with E-state index < -0.39 is 0 Å². The van der Waals surface area contributed by atoms with E-state index in [1.54, 1.807) is 7.11 Å². The van der Waals surface area contributed by atoms with Crippen molar-refractivity contribution in [2.24, 2.45) is 11.1 Å². The molecule has 2 rings (SSSR count). The minimum atomic E-state index is -0.360. The highest BCUT2D eigenvalue weighted by atomic mass is 16.5. The molecule has 0 aromatic heterocycles. The van der Waals surface area contributed by atoms with Gasteiger partial charge >= 0.3 is 0 Å². The Bertz CT molecular complexity index is 448. The maximum atomic E-state index is 12.8. The van der Waals surface area contributed by atoms with Gasteiger partial charge in [0.05, 0.1) is 12.7 Å². The van der Waals surface area contributed by atoms with Crippen molar-refractivity contribution in [3.63, 3.8) is 0 Å². The Morgan fingerprint density at radius 2 is 2.06 bits per heavy atom. The van der Waals surface area contributed by atoms with Gasteiger partial charge in [0.15, 0.2) is 5.78 Å². The van der Waals surface area contributed by atoms with Crippen molar-refractivity contribution >= 4 is 5.78 Å². The van der Waals surface area contributed by atoms with Crippen LogP contribution in [0.4, 0.5) is 0 Å². The molecule has 1 aromatic rings. The molecule has 0 amide bonds. The van der Waals surface area contributed by atoms with Gasteiger partial charge in [-0.3, -0.25) is 4.79 Å². The molecule has 1 aliphatic rings. The van der Waals surface area contributed by atoms with Crippen LogP contribution in [0.5, 0.6) is 5.75 Å². The summed E-state index contributed by atoms with van der Waals surface area (Å²) in [5.74, 6) is 0.813. The summed E-state index contributed by atoms with van der Waals surface area (Å²) in [7, 11) is 1.60. The normalized spacial score (nSPS) is 17.7. The Morgan fingerprint density at radius 3 is 2.61 bits per heavy atom. The van der Waals surface area contributed by atoms with Crippen LogP contribution in [0.25, 0.3) is 0 Å². The number of ketones is 1. The van der Waals surface area contributed by atoms with Crippen LogP contribution in [0.15, 0.2) is 18.2 Å². The first kappa shape index (κ1) is 13.1. The van der Waals surface area contributed by atoms with Gasteiger partial charge in [0.1, 0.15) is 5.75 Å². The number of aryl methyl sites for hydroxylation is 1. The van der Waals surface area contributed by atoms with Gasteiger partial charge in [-0.15, -0.1) is 0 Å². The molecular weight excluding hydrogens is 226 g/mol. The molecule has 1 aliphatic carbocycles. The Hall–Kier alpha value is -1.35. The molecule has 2 N–H and O–H groups in total. The van der Waals surface area contributed by atoms with E-state index >= 15 is 0 Å². The third kappa shape index (κ3) is 2.15. The number of benzene rings is 1. The van der Waals surface area contributed by atoms with Crippen LogP contribution in [-0.4, -0.2) is 19.4 Å². The first-order valence-electron chi connectivity index (χ1n) is 6.52. The van der Waals surface area contributed by atoms with E-state index in [4.69, 9.17) is 10.5 Å². The lowest BCUT2D eigenvalue weighted by atomic mass is 9.78. The van der Waals surface area contributed by atoms with E-state index in [9.17, 15) is 4.79 Å². The molecule has 0 radical (unpaired) electrons. The van der Waals surface area contributed by atoms with Crippen LogP contribution in [0.1, 0.15) is 41.6 Å². The van der Waals surface area contributed by atoms with Crippen LogP contribution in [0.3, 0.4) is 0 Å². The monoisotopic (exact) mass is 247 g/mol. The molecule has 0 atom stereocenters. The van der Waals surface area contributed by atoms with Gasteiger partial charge in [0.2, 0.25) is 0 Å². The Kier molecular flexibility index (Phi) is 3.71. The molecule has 0 aliphatic heterocycles. The van der Waals surface area contributed by atoms with E-state index in [-0.39, 0.29) is 11.2 Å². The number of Topliss-reactive ketones (excluding diaryl/α,β-unsaturated/α-hetero) is 1. The van der Waals surface area contributed by atoms with Gasteiger partial charge in [-0.2, -0.15) is 0 Å². The molecular formula is C15H21NO2. The first-order chi connectivity index (χ1) is 8.63. The summed E-state index contributed by atoms with van der Waals surface area (Å²) in [5.41, 5.74) is 7.27. The van der Waals surface area contributed by atoms with Crippen molar-refractivity contribution in [2.45, 2.75) is 32.6 Å². The summed E-state index contributed by atoms with van der Waals surface area (Å²) >= 11 is 0. The number of methoxy groups -OCH3 is 1. The van der Waals surface area contributed by atoms with Crippen LogP contribution in [-0.2, 0) is 0 Å². The van der Waals surface area contributed by atoms with Gasteiger partial charge in [0, 0.05) is 12.0 Å². The highest BCUT2D eigenvalue weighted by molar-refractivity contribution is 6.03. The van der Waals surface area contributed by atoms with Crippen molar-refractivity contribution in [3.05, 3.63) is 29.3 Å². The van der Waals surface area contributed by atoms with Gasteiger partial charge in [-0.1, -0.05) is 24.5 Å². The van der Waals surface area contributed by atoms with Crippen LogP contribution in [0.2, 0.25) is 0 Å². The van der Waals surface area contributed by atoms with E-state index in [1.807, 2.05) is 25.1 Å². The van der Waals surface area contributed by atoms with Crippen molar-refractivity contribution < 1.29 is 9.53 Å². The zero-order valence-electron chi connectivity index (χ0n) is 11.2. The fraction of sp³-hybridized carbons (Fsp3) is 0.533. The third-order valence-electron chi connectivity index (χ3n) is 4.03. The third-order valence-corrected chi connectivity index (χ3v) is 4.03. The number of rotatable bonds is 4. The molecule has 0 spiro atoms. The summed E-state index contributed by atoms with van der Waals surface area (Å²) in [6.07, 6.45) is 3.99. The fourth-order valence-electron chi connectivity index (χ4n) is 2.86. The Balaban J connectivity index is 2.41. The van der Waals surface area contributed by atoms with E-state index in [0.717, 1.165) is 31.2 Å². The minimum Gasteiger partial charge on any atom is -0.496 e. The van der Waals surface area contributed by atoms with Gasteiger partial charge in [-0.25, -0.2) is 0 Å². The van der Waals surface area contributed by atoms with Crippen LogP contribution < -0.4 is 10.5 Å². The zero-order chi connectivity index (χ0) is 13.2. The molecule has 3 nitrogen and oxygen atoms in total. The molecule has 1 aromatic carbocycles. The second-order valence-corrected chi connectivity index (χ2v) is 5.22. The lowest BCUT2D eigenvalue weighted by Gasteiger charge is -2.26. The quantitative estimate of drug-likeness (QED) is 0.832. The number of ether oxygens (including phenoxy) is 1. The van der Waals surface area contributed by atoms with Crippen molar-refractivity contribution in [2.75, 3.05) is 13.7 Å². The predicted octanol–water partition coefficient (Wildman–Crippen LogP) is 2.71. The summed E-state index contributed by atoms with van der Waals surface area (Å²) in [6, 6.07) is 5.73. The highest BCUT2D eigenvalue weighted by Gasteiger charge is 2.41. The van der Waals surface area contributed by atoms with Crippen molar-refractivity contribution in [1.29, 1.82) is 0 Å². The molecule has 0 heterocycles. The van der Waals surface area contributed by atoms with Crippen LogP contribution in [0, 0.1) is 12.3 Å². The first-order valence-corrected chi connectivity index (χ1v) is 6.52. The predicted molar refractivity (Wildman–Crippen MR) is 72.0 cm³/mol. The Labute approximate surface area is 108 Å². The molecule has 98 valence electrons. The lowest BCUT2D eigenvalue weighted by molar-refractivity contribution is 0.0806. The van der Waals surface area contributed by atoms with E-state index in [2.05, 4.69) is 0 Å². The standard InChI is InChI=1S/C15H21NO2/c1-11-5-6-13(18-2)12(9-11)14(17)15(10-16)7-3-4-8-15/h5-6,9H,3-4,7-8,10,16H2,1-2H3. The van der Waals surface area contributed by atoms with Crippen LogP contribution >= 0.6 is 0 Å². The summed E-state index contributed by atoms with van der Waals surface area (Å²) < 4.78 is 5.31. The topological polar surface area (TPSA) is 52.3 Å². The molecule has 0 bridgehead atoms. The minimum absolute atomic E-state index is 0.156. The SMILES string of the molecule is COc1ccc(C)cc1C(=O)C1(CN)CCCC1. The summed E-state index contributed by atoms with van der Waals surface area (Å²) in [6.45, 7) is 2.42. The molecule has 1 fully saturated rings. The largest absolute Gasteiger partial charge is 0.496 e. The summed E-state index contributed by atoms with van der Waals surface area (Å²) in [5, 5.41) is 0. The fourth-order valence-corrected chi connectivity index (χ4v) is 2.86. The number of carbonyl (C=O) groups excluding carboxylic acids is 1. The molecule has 3 heteroatoms. The van der Waals surface area contributed by atoms with E-state index in [0.29, 0.717) is 17.9 Å². The molecule has 0 saturated heterocycles. The Morgan fingerprint density at radius 1 is 1.39 bits per heavy atom. The lowest BCUT2D eigenvalue weighted by Crippen LogP contribution is -2.36. The number of hydrogen-bond donors (Lipinski definition) is 1. The highest BCUT2D eigenvalue weighted by Crippen LogP contribution is 2.41. The average Bonchev–Trinajstić information content (AvgIpc) is 2.87. The second kappa shape index (κ2) is 5.11. The second-order valence-electron chi connectivity index (χ2n) is 5.22. The maximum absolute atomic E-state index is 12.8. The zero-order valence-corrected chi connectivity index (χ0v) is 11.2. The molecule has 18 heavy (non-hydrogen) atoms. The smallest absolute Gasteiger partial charge is 0.173 e. The number of carbonyl (C=O) groups is 1. The summed E-state index contributed by atoms with van der Waals surface area (Å²) in [4.78, 5) is 12.8. The van der Waals surface area contributed by atoms with Crippen molar-refractivity contribution in [3.8, 4) is 5.75 Å². The average molecular weight is 247 g/mol. The van der Waals surface area contributed by atoms with Gasteiger partial charge in [-0.05, 0) is 31.9 Å². The molecule has 1 saturated carbocycles. The van der Waals surface area contributed by atoms with Gasteiger partial charge < -0.3 is 10.5 Å². The number of hydrogen-bond acceptors (Lipinski definition) is 3. The van der Waals surface area contributed by atoms with Gasteiger partial charge in [0.25, 0.3) is 0 Å². The molecule has 0 unspecified atom stereocenters. The number of nitrogens with two attached hydrogens (primary N) is 1. The van der Waals surface area contributed by atoms with Crippen molar-refractivity contribution in [1.82, 2.24) is 0 Å².